The number of carbonyl (C=O) groups excluding carboxylic acids is 2. The van der Waals surface area contributed by atoms with E-state index in [1.165, 1.54) is 4.31 Å². The topological polar surface area (TPSA) is 95.6 Å². The molecule has 0 saturated heterocycles. The molecule has 0 unspecified atom stereocenters. The van der Waals surface area contributed by atoms with Gasteiger partial charge in [0.2, 0.25) is 10.0 Å². The quantitative estimate of drug-likeness (QED) is 0.796. The Bertz CT molecular complexity index is 715. The molecule has 1 aliphatic heterocycles. The van der Waals surface area contributed by atoms with Crippen LogP contribution >= 0.6 is 0 Å². The number of carbonyl (C=O) groups is 2. The standard InChI is InChI=1S/C15H21N3O4S/c1-3-8-16-14(19)15(20)17-12-7-6-11-5-4-9-18(13(11)10-12)23(2,21)22/h6-7,10H,3-5,8-9H2,1-2H3,(H,16,19)(H,17,20). The minimum absolute atomic E-state index is 0.399. The van der Waals surface area contributed by atoms with Crippen LogP contribution in [0.1, 0.15) is 25.3 Å². The van der Waals surface area contributed by atoms with E-state index >= 15 is 0 Å². The van der Waals surface area contributed by atoms with E-state index < -0.39 is 21.8 Å². The van der Waals surface area contributed by atoms with Crippen molar-refractivity contribution in [2.24, 2.45) is 0 Å². The van der Waals surface area contributed by atoms with Crippen LogP contribution in [0.4, 0.5) is 11.4 Å². The Labute approximate surface area is 136 Å². The fourth-order valence-corrected chi connectivity index (χ4v) is 3.46. The number of benzene rings is 1. The molecule has 0 aromatic heterocycles. The van der Waals surface area contributed by atoms with Crippen molar-refractivity contribution in [1.82, 2.24) is 5.32 Å². The van der Waals surface area contributed by atoms with Gasteiger partial charge in [0.05, 0.1) is 11.9 Å². The lowest BCUT2D eigenvalue weighted by Gasteiger charge is -2.29. The minimum Gasteiger partial charge on any atom is -0.348 e. The Balaban J connectivity index is 2.20. The maximum atomic E-state index is 11.9. The van der Waals surface area contributed by atoms with Crippen LogP contribution in [-0.4, -0.2) is 39.6 Å². The molecule has 2 N–H and O–H groups in total. The molecule has 0 atom stereocenters. The van der Waals surface area contributed by atoms with Gasteiger partial charge in [0.25, 0.3) is 0 Å². The first-order valence-corrected chi connectivity index (χ1v) is 9.37. The number of nitrogens with zero attached hydrogens (tertiary/aromatic N) is 1. The summed E-state index contributed by atoms with van der Waals surface area (Å²) < 4.78 is 25.1. The summed E-state index contributed by atoms with van der Waals surface area (Å²) in [6, 6.07) is 5.06. The SMILES string of the molecule is CCCNC(=O)C(=O)Nc1ccc2c(c1)N(S(C)(=O)=O)CCC2. The molecule has 0 radical (unpaired) electrons. The summed E-state index contributed by atoms with van der Waals surface area (Å²) in [6.07, 6.45) is 3.44. The Hall–Kier alpha value is -2.09. The highest BCUT2D eigenvalue weighted by atomic mass is 32.2. The molecule has 7 nitrogen and oxygen atoms in total. The summed E-state index contributed by atoms with van der Waals surface area (Å²) in [5, 5.41) is 4.99. The predicted molar refractivity (Wildman–Crippen MR) is 88.9 cm³/mol. The second-order valence-electron chi connectivity index (χ2n) is 5.49. The molecule has 0 aliphatic carbocycles. The molecular formula is C15H21N3O4S. The number of amides is 2. The van der Waals surface area contributed by atoms with Gasteiger partial charge >= 0.3 is 11.8 Å². The molecule has 23 heavy (non-hydrogen) atoms. The Kier molecular flexibility index (Phi) is 5.25. The lowest BCUT2D eigenvalue weighted by molar-refractivity contribution is -0.136. The number of fused-ring (bicyclic) bond motifs is 1. The Morgan fingerprint density at radius 3 is 2.65 bits per heavy atom. The Morgan fingerprint density at radius 1 is 1.26 bits per heavy atom. The van der Waals surface area contributed by atoms with Crippen LogP contribution in [0.3, 0.4) is 0 Å². The van der Waals surface area contributed by atoms with Gasteiger partial charge in [-0.3, -0.25) is 13.9 Å². The van der Waals surface area contributed by atoms with E-state index in [1.54, 1.807) is 18.2 Å². The Morgan fingerprint density at radius 2 is 2.00 bits per heavy atom. The van der Waals surface area contributed by atoms with Crippen molar-refractivity contribution in [3.05, 3.63) is 23.8 Å². The smallest absolute Gasteiger partial charge is 0.313 e. The van der Waals surface area contributed by atoms with Crippen molar-refractivity contribution in [3.8, 4) is 0 Å². The molecule has 2 amide bonds. The maximum absolute atomic E-state index is 11.9. The van der Waals surface area contributed by atoms with Crippen LogP contribution in [0.15, 0.2) is 18.2 Å². The number of hydrogen-bond donors (Lipinski definition) is 2. The van der Waals surface area contributed by atoms with Crippen molar-refractivity contribution in [2.75, 3.05) is 29.0 Å². The van der Waals surface area contributed by atoms with Gasteiger partial charge in [-0.2, -0.15) is 0 Å². The fraction of sp³-hybridized carbons (Fsp3) is 0.467. The van der Waals surface area contributed by atoms with Crippen molar-refractivity contribution in [1.29, 1.82) is 0 Å². The first kappa shape index (κ1) is 17.3. The number of hydrogen-bond acceptors (Lipinski definition) is 4. The van der Waals surface area contributed by atoms with Crippen molar-refractivity contribution < 1.29 is 18.0 Å². The largest absolute Gasteiger partial charge is 0.348 e. The minimum atomic E-state index is -3.37. The summed E-state index contributed by atoms with van der Waals surface area (Å²) in [6.45, 7) is 2.74. The van der Waals surface area contributed by atoms with E-state index in [0.29, 0.717) is 24.5 Å². The summed E-state index contributed by atoms with van der Waals surface area (Å²) >= 11 is 0. The second-order valence-corrected chi connectivity index (χ2v) is 7.40. The normalized spacial score (nSPS) is 14.1. The van der Waals surface area contributed by atoms with Gasteiger partial charge in [0, 0.05) is 18.8 Å². The highest BCUT2D eigenvalue weighted by Crippen LogP contribution is 2.31. The van der Waals surface area contributed by atoms with Gasteiger partial charge in [-0.25, -0.2) is 8.42 Å². The number of aryl methyl sites for hydroxylation is 1. The summed E-state index contributed by atoms with van der Waals surface area (Å²) in [5.74, 6) is -1.47. The maximum Gasteiger partial charge on any atom is 0.313 e. The van der Waals surface area contributed by atoms with Crippen LogP contribution in [0.25, 0.3) is 0 Å². The molecule has 0 spiro atoms. The third-order valence-corrected chi connectivity index (χ3v) is 4.74. The van der Waals surface area contributed by atoms with Gasteiger partial charge in [-0.1, -0.05) is 13.0 Å². The predicted octanol–water partition coefficient (Wildman–Crippen LogP) is 0.863. The van der Waals surface area contributed by atoms with Gasteiger partial charge < -0.3 is 10.6 Å². The molecular weight excluding hydrogens is 318 g/mol. The van der Waals surface area contributed by atoms with Gasteiger partial charge in [-0.05, 0) is 37.0 Å². The molecule has 1 aromatic carbocycles. The van der Waals surface area contributed by atoms with Gasteiger partial charge in [0.15, 0.2) is 0 Å². The molecule has 0 fully saturated rings. The zero-order chi connectivity index (χ0) is 17.0. The van der Waals surface area contributed by atoms with Crippen LogP contribution < -0.4 is 14.9 Å². The number of rotatable bonds is 4. The van der Waals surface area contributed by atoms with E-state index in [0.717, 1.165) is 31.1 Å². The highest BCUT2D eigenvalue weighted by Gasteiger charge is 2.24. The molecule has 8 heteroatoms. The van der Waals surface area contributed by atoms with Crippen LogP contribution in [-0.2, 0) is 26.0 Å². The van der Waals surface area contributed by atoms with Crippen molar-refractivity contribution in [2.45, 2.75) is 26.2 Å². The number of anilines is 2. The van der Waals surface area contributed by atoms with Crippen molar-refractivity contribution >= 4 is 33.2 Å². The van der Waals surface area contributed by atoms with E-state index in [4.69, 9.17) is 0 Å². The summed E-state index contributed by atoms with van der Waals surface area (Å²) in [7, 11) is -3.37. The zero-order valence-electron chi connectivity index (χ0n) is 13.3. The third-order valence-electron chi connectivity index (χ3n) is 3.56. The third kappa shape index (κ3) is 4.22. The van der Waals surface area contributed by atoms with Gasteiger partial charge in [-0.15, -0.1) is 0 Å². The lowest BCUT2D eigenvalue weighted by Crippen LogP contribution is -2.36. The monoisotopic (exact) mass is 339 g/mol. The fourth-order valence-electron chi connectivity index (χ4n) is 2.47. The highest BCUT2D eigenvalue weighted by molar-refractivity contribution is 7.92. The molecule has 1 aliphatic rings. The average molecular weight is 339 g/mol. The number of nitrogens with one attached hydrogen (secondary N) is 2. The second kappa shape index (κ2) is 6.99. The molecule has 0 bridgehead atoms. The molecule has 1 aromatic rings. The number of sulfonamides is 1. The molecule has 0 saturated carbocycles. The first-order valence-electron chi connectivity index (χ1n) is 7.52. The van der Waals surface area contributed by atoms with Crippen LogP contribution in [0.2, 0.25) is 0 Å². The average Bonchev–Trinajstić information content (AvgIpc) is 2.50. The van der Waals surface area contributed by atoms with Gasteiger partial charge in [0.1, 0.15) is 0 Å². The van der Waals surface area contributed by atoms with Crippen LogP contribution in [0, 0.1) is 0 Å². The van der Waals surface area contributed by atoms with E-state index in [2.05, 4.69) is 10.6 Å². The summed E-state index contributed by atoms with van der Waals surface area (Å²) in [5.41, 5.74) is 1.87. The lowest BCUT2D eigenvalue weighted by atomic mass is 10.0. The summed E-state index contributed by atoms with van der Waals surface area (Å²) in [4.78, 5) is 23.4. The van der Waals surface area contributed by atoms with Crippen molar-refractivity contribution in [3.63, 3.8) is 0 Å². The first-order chi connectivity index (χ1) is 10.8. The molecule has 126 valence electrons. The van der Waals surface area contributed by atoms with Crippen LogP contribution in [0.5, 0.6) is 0 Å². The van der Waals surface area contributed by atoms with E-state index in [9.17, 15) is 18.0 Å². The van der Waals surface area contributed by atoms with E-state index in [1.807, 2.05) is 6.92 Å². The molecule has 2 rings (SSSR count). The zero-order valence-corrected chi connectivity index (χ0v) is 14.1. The van der Waals surface area contributed by atoms with E-state index in [-0.39, 0.29) is 0 Å². The molecule has 1 heterocycles.